The lowest BCUT2D eigenvalue weighted by Gasteiger charge is -2.07. The summed E-state index contributed by atoms with van der Waals surface area (Å²) >= 11 is 0. The van der Waals surface area contributed by atoms with E-state index in [0.717, 1.165) is 38.5 Å². The molecule has 0 aromatic carbocycles. The third kappa shape index (κ3) is 13.8. The summed E-state index contributed by atoms with van der Waals surface area (Å²) in [5.74, 6) is -1.10. The number of rotatable bonds is 15. The van der Waals surface area contributed by atoms with Crippen molar-refractivity contribution in [1.29, 1.82) is 0 Å². The number of hydrogen-bond donors (Lipinski definition) is 2. The third-order valence-corrected chi connectivity index (χ3v) is 3.57. The second-order valence-electron chi connectivity index (χ2n) is 5.60. The van der Waals surface area contributed by atoms with Crippen LogP contribution in [-0.2, 0) is 9.68 Å². The standard InChI is InChI=1S/C18H32O4/c1-2-3-4-5-6-7-8-9-10-11-12-13-14-15-16-17(22-21)18(19)20/h6-7,9-10,17,21H,2-5,8,11-16H2,1H3,(H,19,20)/b7-6-,10-9-. The molecule has 0 aromatic heterocycles. The van der Waals surface area contributed by atoms with Gasteiger partial charge >= 0.3 is 5.97 Å². The second-order valence-corrected chi connectivity index (χ2v) is 5.60. The summed E-state index contributed by atoms with van der Waals surface area (Å²) in [5.41, 5.74) is 0. The van der Waals surface area contributed by atoms with E-state index in [0.29, 0.717) is 6.42 Å². The normalized spacial score (nSPS) is 13.2. The first kappa shape index (κ1) is 20.9. The van der Waals surface area contributed by atoms with E-state index in [4.69, 9.17) is 10.4 Å². The SMILES string of the molecule is CCCCC/C=C\C/C=C\CCCCCCC(OO)C(=O)O. The van der Waals surface area contributed by atoms with Crippen molar-refractivity contribution >= 4 is 5.97 Å². The van der Waals surface area contributed by atoms with E-state index in [1.54, 1.807) is 0 Å². The second kappa shape index (κ2) is 16.2. The zero-order valence-corrected chi connectivity index (χ0v) is 13.9. The van der Waals surface area contributed by atoms with Crippen LogP contribution < -0.4 is 0 Å². The van der Waals surface area contributed by atoms with Crippen LogP contribution in [0.1, 0.15) is 77.6 Å². The number of carboxylic acids is 1. The predicted octanol–water partition coefficient (Wildman–Crippen LogP) is 5.35. The number of hydrogen-bond acceptors (Lipinski definition) is 3. The van der Waals surface area contributed by atoms with Gasteiger partial charge in [-0.15, -0.1) is 0 Å². The number of aliphatic carboxylic acids is 1. The highest BCUT2D eigenvalue weighted by atomic mass is 17.1. The number of allylic oxidation sites excluding steroid dienone is 4. The summed E-state index contributed by atoms with van der Waals surface area (Å²) < 4.78 is 0. The predicted molar refractivity (Wildman–Crippen MR) is 89.9 cm³/mol. The fraction of sp³-hybridized carbons (Fsp3) is 0.722. The molecule has 0 rings (SSSR count). The Balaban J connectivity index is 3.35. The van der Waals surface area contributed by atoms with E-state index in [9.17, 15) is 4.79 Å². The molecule has 128 valence electrons. The summed E-state index contributed by atoms with van der Waals surface area (Å²) in [7, 11) is 0. The summed E-state index contributed by atoms with van der Waals surface area (Å²) in [6.45, 7) is 2.22. The van der Waals surface area contributed by atoms with Gasteiger partial charge in [0.15, 0.2) is 6.10 Å². The van der Waals surface area contributed by atoms with Crippen LogP contribution in [0.5, 0.6) is 0 Å². The molecule has 0 saturated carbocycles. The van der Waals surface area contributed by atoms with Gasteiger partial charge in [0.2, 0.25) is 0 Å². The zero-order valence-electron chi connectivity index (χ0n) is 13.9. The molecule has 0 fully saturated rings. The molecule has 1 atom stereocenters. The van der Waals surface area contributed by atoms with E-state index in [2.05, 4.69) is 36.1 Å². The Kier molecular flexibility index (Phi) is 15.4. The Morgan fingerprint density at radius 1 is 0.955 bits per heavy atom. The van der Waals surface area contributed by atoms with E-state index in [1.807, 2.05) is 0 Å². The monoisotopic (exact) mass is 312 g/mol. The molecule has 0 aliphatic rings. The molecule has 0 saturated heterocycles. The zero-order chi connectivity index (χ0) is 16.5. The molecule has 0 aromatic rings. The van der Waals surface area contributed by atoms with Gasteiger partial charge in [0, 0.05) is 0 Å². The van der Waals surface area contributed by atoms with Crippen molar-refractivity contribution in [3.05, 3.63) is 24.3 Å². The minimum Gasteiger partial charge on any atom is -0.479 e. The Hall–Kier alpha value is -1.13. The smallest absolute Gasteiger partial charge is 0.336 e. The summed E-state index contributed by atoms with van der Waals surface area (Å²) in [4.78, 5) is 14.5. The van der Waals surface area contributed by atoms with Gasteiger partial charge in [-0.2, -0.15) is 0 Å². The van der Waals surface area contributed by atoms with Crippen molar-refractivity contribution in [3.63, 3.8) is 0 Å². The summed E-state index contributed by atoms with van der Waals surface area (Å²) in [6, 6.07) is 0. The van der Waals surface area contributed by atoms with Gasteiger partial charge in [0.05, 0.1) is 0 Å². The maximum atomic E-state index is 10.6. The van der Waals surface area contributed by atoms with Crippen molar-refractivity contribution in [2.45, 2.75) is 83.7 Å². The molecular formula is C18H32O4. The largest absolute Gasteiger partial charge is 0.479 e. The van der Waals surface area contributed by atoms with Crippen molar-refractivity contribution in [2.24, 2.45) is 0 Å². The van der Waals surface area contributed by atoms with Gasteiger partial charge in [0.1, 0.15) is 0 Å². The van der Waals surface area contributed by atoms with Crippen LogP contribution in [0.15, 0.2) is 24.3 Å². The Morgan fingerprint density at radius 3 is 2.09 bits per heavy atom. The fourth-order valence-corrected chi connectivity index (χ4v) is 2.19. The molecule has 0 amide bonds. The van der Waals surface area contributed by atoms with Crippen LogP contribution in [0.3, 0.4) is 0 Å². The Bertz CT molecular complexity index is 310. The number of carbonyl (C=O) groups is 1. The quantitative estimate of drug-likeness (QED) is 0.185. The maximum absolute atomic E-state index is 10.6. The van der Waals surface area contributed by atoms with Gasteiger partial charge in [-0.25, -0.2) is 9.68 Å². The Labute approximate surface area is 134 Å². The molecule has 0 spiro atoms. The molecule has 4 heteroatoms. The molecule has 1 unspecified atom stereocenters. The maximum Gasteiger partial charge on any atom is 0.336 e. The number of unbranched alkanes of at least 4 members (excludes halogenated alkanes) is 7. The van der Waals surface area contributed by atoms with Crippen LogP contribution >= 0.6 is 0 Å². The van der Waals surface area contributed by atoms with Crippen LogP contribution in [-0.4, -0.2) is 22.4 Å². The first-order valence-corrected chi connectivity index (χ1v) is 8.55. The highest BCUT2D eigenvalue weighted by Gasteiger charge is 2.16. The summed E-state index contributed by atoms with van der Waals surface area (Å²) in [6.07, 6.45) is 19.3. The van der Waals surface area contributed by atoms with Crippen LogP contribution in [0, 0.1) is 0 Å². The lowest BCUT2D eigenvalue weighted by molar-refractivity contribution is -0.277. The number of carboxylic acid groups (broad SMARTS) is 1. The minimum atomic E-state index is -1.10. The van der Waals surface area contributed by atoms with E-state index in [-0.39, 0.29) is 0 Å². The molecular weight excluding hydrogens is 280 g/mol. The van der Waals surface area contributed by atoms with Crippen LogP contribution in [0.25, 0.3) is 0 Å². The summed E-state index contributed by atoms with van der Waals surface area (Å²) in [5, 5.41) is 17.1. The van der Waals surface area contributed by atoms with Gasteiger partial charge in [-0.3, -0.25) is 5.26 Å². The van der Waals surface area contributed by atoms with Crippen LogP contribution in [0.4, 0.5) is 0 Å². The van der Waals surface area contributed by atoms with Crippen molar-refractivity contribution in [1.82, 2.24) is 0 Å². The molecule has 4 nitrogen and oxygen atoms in total. The van der Waals surface area contributed by atoms with Crippen molar-refractivity contribution in [2.75, 3.05) is 0 Å². The van der Waals surface area contributed by atoms with Crippen LogP contribution in [0.2, 0.25) is 0 Å². The van der Waals surface area contributed by atoms with Crippen molar-refractivity contribution in [3.8, 4) is 0 Å². The first-order valence-electron chi connectivity index (χ1n) is 8.55. The van der Waals surface area contributed by atoms with E-state index >= 15 is 0 Å². The molecule has 0 heterocycles. The van der Waals surface area contributed by atoms with E-state index < -0.39 is 12.1 Å². The van der Waals surface area contributed by atoms with E-state index in [1.165, 1.54) is 25.7 Å². The van der Waals surface area contributed by atoms with Gasteiger partial charge in [0.25, 0.3) is 0 Å². The minimum absolute atomic E-state index is 0.366. The molecule has 0 radical (unpaired) electrons. The first-order chi connectivity index (χ1) is 10.7. The fourth-order valence-electron chi connectivity index (χ4n) is 2.19. The molecule has 22 heavy (non-hydrogen) atoms. The molecule has 0 aliphatic carbocycles. The van der Waals surface area contributed by atoms with Gasteiger partial charge < -0.3 is 5.11 Å². The topological polar surface area (TPSA) is 66.8 Å². The lowest BCUT2D eigenvalue weighted by Crippen LogP contribution is -2.22. The third-order valence-electron chi connectivity index (χ3n) is 3.57. The average molecular weight is 312 g/mol. The molecule has 0 aliphatic heterocycles. The molecule has 2 N–H and O–H groups in total. The van der Waals surface area contributed by atoms with Crippen molar-refractivity contribution < 1.29 is 20.0 Å². The highest BCUT2D eigenvalue weighted by molar-refractivity contribution is 5.72. The average Bonchev–Trinajstić information content (AvgIpc) is 2.51. The molecule has 0 bridgehead atoms. The van der Waals surface area contributed by atoms with Gasteiger partial charge in [-0.1, -0.05) is 63.3 Å². The van der Waals surface area contributed by atoms with Gasteiger partial charge in [-0.05, 0) is 38.5 Å². The lowest BCUT2D eigenvalue weighted by atomic mass is 10.1. The Morgan fingerprint density at radius 2 is 1.55 bits per heavy atom. The highest BCUT2D eigenvalue weighted by Crippen LogP contribution is 2.10.